The van der Waals surface area contributed by atoms with Crippen molar-refractivity contribution in [2.24, 2.45) is 0 Å². The summed E-state index contributed by atoms with van der Waals surface area (Å²) in [6.45, 7) is 0. The van der Waals surface area contributed by atoms with Crippen molar-refractivity contribution < 1.29 is 8.78 Å². The predicted molar refractivity (Wildman–Crippen MR) is 43.3 cm³/mol. The first kappa shape index (κ1) is 9.68. The van der Waals surface area contributed by atoms with Crippen molar-refractivity contribution in [2.45, 2.75) is 6.43 Å². The number of hydrogen-bond donors (Lipinski definition) is 1. The van der Waals surface area contributed by atoms with Crippen LogP contribution in [0.2, 0.25) is 5.02 Å². The number of anilines is 1. The summed E-state index contributed by atoms with van der Waals surface area (Å²) in [5.74, 6) is -0.0500. The standard InChI is InChI=1S/C7H4ClF2N3/c8-3-1-5(12)13-4(2-11)6(3)7(9)10/h1,7H,(H2,12,13). The third-order valence-corrected chi connectivity index (χ3v) is 1.66. The number of rotatable bonds is 1. The average molecular weight is 204 g/mol. The van der Waals surface area contributed by atoms with Gasteiger partial charge in [0.1, 0.15) is 11.9 Å². The third kappa shape index (κ3) is 1.84. The number of nitriles is 1. The number of aromatic nitrogens is 1. The van der Waals surface area contributed by atoms with Crippen molar-refractivity contribution in [3.63, 3.8) is 0 Å². The first-order valence-electron chi connectivity index (χ1n) is 3.20. The van der Waals surface area contributed by atoms with Crippen LogP contribution in [-0.2, 0) is 0 Å². The fourth-order valence-electron chi connectivity index (χ4n) is 0.835. The Hall–Kier alpha value is -1.41. The van der Waals surface area contributed by atoms with Gasteiger partial charge >= 0.3 is 0 Å². The normalized spacial score (nSPS) is 10.1. The molecule has 0 fully saturated rings. The molecule has 0 saturated heterocycles. The van der Waals surface area contributed by atoms with Crippen LogP contribution in [-0.4, -0.2) is 4.98 Å². The van der Waals surface area contributed by atoms with E-state index in [4.69, 9.17) is 22.6 Å². The molecule has 1 rings (SSSR count). The molecule has 0 aliphatic carbocycles. The van der Waals surface area contributed by atoms with Gasteiger partial charge in [-0.3, -0.25) is 0 Å². The molecular formula is C7H4ClF2N3. The highest BCUT2D eigenvalue weighted by Gasteiger charge is 2.18. The molecule has 3 nitrogen and oxygen atoms in total. The topological polar surface area (TPSA) is 62.7 Å². The van der Waals surface area contributed by atoms with Crippen molar-refractivity contribution in [1.82, 2.24) is 4.98 Å². The van der Waals surface area contributed by atoms with E-state index in [0.717, 1.165) is 6.07 Å². The smallest absolute Gasteiger partial charge is 0.268 e. The van der Waals surface area contributed by atoms with Gasteiger partial charge in [-0.1, -0.05) is 11.6 Å². The van der Waals surface area contributed by atoms with Crippen molar-refractivity contribution in [3.05, 3.63) is 22.3 Å². The summed E-state index contributed by atoms with van der Waals surface area (Å²) < 4.78 is 24.6. The summed E-state index contributed by atoms with van der Waals surface area (Å²) >= 11 is 5.46. The fraction of sp³-hybridized carbons (Fsp3) is 0.143. The van der Waals surface area contributed by atoms with Gasteiger partial charge < -0.3 is 5.73 Å². The minimum atomic E-state index is -2.82. The Bertz CT molecular complexity index is 373. The maximum absolute atomic E-state index is 12.3. The second-order valence-corrected chi connectivity index (χ2v) is 2.61. The number of alkyl halides is 2. The van der Waals surface area contributed by atoms with Gasteiger partial charge in [-0.2, -0.15) is 5.26 Å². The van der Waals surface area contributed by atoms with Gasteiger partial charge in [-0.15, -0.1) is 0 Å². The van der Waals surface area contributed by atoms with Crippen LogP contribution in [0.3, 0.4) is 0 Å². The molecular weight excluding hydrogens is 200 g/mol. The monoisotopic (exact) mass is 203 g/mol. The molecule has 0 bridgehead atoms. The molecule has 1 heterocycles. The zero-order chi connectivity index (χ0) is 10.0. The zero-order valence-electron chi connectivity index (χ0n) is 6.26. The zero-order valence-corrected chi connectivity index (χ0v) is 7.02. The molecule has 0 spiro atoms. The molecule has 0 aliphatic rings. The van der Waals surface area contributed by atoms with E-state index in [9.17, 15) is 8.78 Å². The van der Waals surface area contributed by atoms with Crippen LogP contribution in [0, 0.1) is 11.3 Å². The quantitative estimate of drug-likeness (QED) is 0.761. The Labute approximate surface area is 77.7 Å². The molecule has 2 N–H and O–H groups in total. The molecule has 6 heteroatoms. The van der Waals surface area contributed by atoms with E-state index in [1.165, 1.54) is 6.07 Å². The molecule has 0 aromatic carbocycles. The molecule has 68 valence electrons. The van der Waals surface area contributed by atoms with Crippen LogP contribution in [0.25, 0.3) is 0 Å². The second-order valence-electron chi connectivity index (χ2n) is 2.20. The Morgan fingerprint density at radius 2 is 2.23 bits per heavy atom. The molecule has 0 saturated carbocycles. The second kappa shape index (κ2) is 3.54. The summed E-state index contributed by atoms with van der Waals surface area (Å²) in [5, 5.41) is 8.22. The summed E-state index contributed by atoms with van der Waals surface area (Å²) in [5.41, 5.74) is 4.21. The first-order chi connectivity index (χ1) is 6.06. The lowest BCUT2D eigenvalue weighted by molar-refractivity contribution is 0.150. The van der Waals surface area contributed by atoms with Gasteiger partial charge in [-0.25, -0.2) is 13.8 Å². The Morgan fingerprint density at radius 1 is 1.62 bits per heavy atom. The summed E-state index contributed by atoms with van der Waals surface area (Å²) in [4.78, 5) is 3.43. The van der Waals surface area contributed by atoms with Gasteiger partial charge in [0.05, 0.1) is 10.6 Å². The number of pyridine rings is 1. The van der Waals surface area contributed by atoms with Crippen molar-refractivity contribution in [3.8, 4) is 6.07 Å². The molecule has 1 aromatic rings. The lowest BCUT2D eigenvalue weighted by Gasteiger charge is -2.04. The van der Waals surface area contributed by atoms with Crippen molar-refractivity contribution in [2.75, 3.05) is 5.73 Å². The van der Waals surface area contributed by atoms with E-state index in [0.29, 0.717) is 0 Å². The van der Waals surface area contributed by atoms with Gasteiger partial charge in [-0.05, 0) is 6.07 Å². The Morgan fingerprint density at radius 3 is 2.69 bits per heavy atom. The average Bonchev–Trinajstić information content (AvgIpc) is 2.01. The highest BCUT2D eigenvalue weighted by atomic mass is 35.5. The number of nitrogens with two attached hydrogens (primary N) is 1. The largest absolute Gasteiger partial charge is 0.384 e. The summed E-state index contributed by atoms with van der Waals surface area (Å²) in [7, 11) is 0. The van der Waals surface area contributed by atoms with Crippen LogP contribution in [0.1, 0.15) is 17.7 Å². The highest BCUT2D eigenvalue weighted by molar-refractivity contribution is 6.31. The first-order valence-corrected chi connectivity index (χ1v) is 3.58. The fourth-order valence-corrected chi connectivity index (χ4v) is 1.12. The van der Waals surface area contributed by atoms with E-state index in [1.807, 2.05) is 0 Å². The number of nitrogen functional groups attached to an aromatic ring is 1. The lowest BCUT2D eigenvalue weighted by Crippen LogP contribution is -1.99. The molecule has 13 heavy (non-hydrogen) atoms. The van der Waals surface area contributed by atoms with Crippen LogP contribution >= 0.6 is 11.6 Å². The maximum Gasteiger partial charge on any atom is 0.268 e. The van der Waals surface area contributed by atoms with Gasteiger partial charge in [0, 0.05) is 0 Å². The molecule has 0 unspecified atom stereocenters. The number of hydrogen-bond acceptors (Lipinski definition) is 3. The minimum absolute atomic E-state index is 0.0500. The van der Waals surface area contributed by atoms with Crippen LogP contribution in [0.5, 0.6) is 0 Å². The predicted octanol–water partition coefficient (Wildman–Crippen LogP) is 2.13. The van der Waals surface area contributed by atoms with E-state index in [-0.39, 0.29) is 10.8 Å². The van der Waals surface area contributed by atoms with Crippen LogP contribution in [0.15, 0.2) is 6.07 Å². The summed E-state index contributed by atoms with van der Waals surface area (Å²) in [6.07, 6.45) is -2.82. The van der Waals surface area contributed by atoms with Gasteiger partial charge in [0.15, 0.2) is 5.69 Å². The molecule has 1 aromatic heterocycles. The van der Waals surface area contributed by atoms with E-state index < -0.39 is 17.7 Å². The number of halogens is 3. The molecule has 0 radical (unpaired) electrons. The van der Waals surface area contributed by atoms with Crippen molar-refractivity contribution in [1.29, 1.82) is 5.26 Å². The highest BCUT2D eigenvalue weighted by Crippen LogP contribution is 2.30. The molecule has 0 atom stereocenters. The van der Waals surface area contributed by atoms with E-state index in [1.54, 1.807) is 0 Å². The Balaban J connectivity index is 3.41. The third-order valence-electron chi connectivity index (χ3n) is 1.35. The van der Waals surface area contributed by atoms with Crippen LogP contribution in [0.4, 0.5) is 14.6 Å². The molecule has 0 aliphatic heterocycles. The number of nitrogens with zero attached hydrogens (tertiary/aromatic N) is 2. The van der Waals surface area contributed by atoms with Crippen molar-refractivity contribution >= 4 is 17.4 Å². The lowest BCUT2D eigenvalue weighted by atomic mass is 10.2. The van der Waals surface area contributed by atoms with Gasteiger partial charge in [0.2, 0.25) is 0 Å². The maximum atomic E-state index is 12.3. The minimum Gasteiger partial charge on any atom is -0.384 e. The SMILES string of the molecule is N#Cc1nc(N)cc(Cl)c1C(F)F. The summed E-state index contributed by atoms with van der Waals surface area (Å²) in [6, 6.07) is 2.59. The van der Waals surface area contributed by atoms with E-state index in [2.05, 4.69) is 4.98 Å². The van der Waals surface area contributed by atoms with E-state index >= 15 is 0 Å². The molecule has 0 amide bonds. The van der Waals surface area contributed by atoms with Crippen LogP contribution < -0.4 is 5.73 Å². The Kier molecular flexibility index (Phi) is 2.63. The van der Waals surface area contributed by atoms with Gasteiger partial charge in [0.25, 0.3) is 6.43 Å².